The predicted octanol–water partition coefficient (Wildman–Crippen LogP) is 0.139. The minimum Gasteiger partial charge on any atom is -0.409 e. The van der Waals surface area contributed by atoms with Gasteiger partial charge in [0.1, 0.15) is 5.84 Å². The molecule has 0 atom stereocenters. The van der Waals surface area contributed by atoms with E-state index in [0.717, 1.165) is 32.7 Å². The molecule has 78 valence electrons. The molecule has 5 nitrogen and oxygen atoms in total. The van der Waals surface area contributed by atoms with E-state index in [1.54, 1.807) is 0 Å². The Bertz CT molecular complexity index is 139. The Labute approximate surface area is 78.9 Å². The summed E-state index contributed by atoms with van der Waals surface area (Å²) in [7, 11) is 0. The van der Waals surface area contributed by atoms with E-state index < -0.39 is 0 Å². The van der Waals surface area contributed by atoms with Crippen molar-refractivity contribution in [2.45, 2.75) is 19.8 Å². The summed E-state index contributed by atoms with van der Waals surface area (Å²) in [4.78, 5) is 0. The molecule has 5 heteroatoms. The number of nitrogens with two attached hydrogens (primary N) is 1. The van der Waals surface area contributed by atoms with E-state index >= 15 is 0 Å². The smallest absolute Gasteiger partial charge is 0.140 e. The number of hydrogen-bond acceptors (Lipinski definition) is 4. The molecule has 0 rings (SSSR count). The molecule has 0 unspecified atom stereocenters. The first-order valence-electron chi connectivity index (χ1n) is 4.56. The number of nitrogens with zero attached hydrogens (tertiary/aromatic N) is 1. The predicted molar refractivity (Wildman–Crippen MR) is 52.0 cm³/mol. The van der Waals surface area contributed by atoms with Gasteiger partial charge in [-0.15, -0.1) is 0 Å². The fraction of sp³-hybridized carbons (Fsp3) is 0.875. The number of amidine groups is 1. The first-order chi connectivity index (χ1) is 6.31. The Balaban J connectivity index is 3.00. The summed E-state index contributed by atoms with van der Waals surface area (Å²) >= 11 is 0. The quantitative estimate of drug-likeness (QED) is 0.167. The van der Waals surface area contributed by atoms with Crippen LogP contribution in [0.3, 0.4) is 0 Å². The first-order valence-corrected chi connectivity index (χ1v) is 4.56. The highest BCUT2D eigenvalue weighted by molar-refractivity contribution is 5.79. The SMILES string of the molecule is CCOCCCNCCC(N)=NO. The van der Waals surface area contributed by atoms with Gasteiger partial charge in [-0.25, -0.2) is 0 Å². The lowest BCUT2D eigenvalue weighted by atomic mass is 10.4. The van der Waals surface area contributed by atoms with Gasteiger partial charge < -0.3 is 21.0 Å². The number of oxime groups is 1. The third-order valence-corrected chi connectivity index (χ3v) is 1.53. The van der Waals surface area contributed by atoms with Crippen LogP contribution in [0.4, 0.5) is 0 Å². The average molecular weight is 189 g/mol. The maximum atomic E-state index is 8.22. The number of hydrogen-bond donors (Lipinski definition) is 3. The zero-order valence-corrected chi connectivity index (χ0v) is 8.12. The van der Waals surface area contributed by atoms with E-state index in [2.05, 4.69) is 10.5 Å². The number of nitrogens with one attached hydrogen (secondary N) is 1. The van der Waals surface area contributed by atoms with Crippen LogP contribution in [0.1, 0.15) is 19.8 Å². The molecular weight excluding hydrogens is 170 g/mol. The molecule has 0 spiro atoms. The fourth-order valence-electron chi connectivity index (χ4n) is 0.835. The lowest BCUT2D eigenvalue weighted by Gasteiger charge is -2.03. The summed E-state index contributed by atoms with van der Waals surface area (Å²) in [6.07, 6.45) is 1.56. The lowest BCUT2D eigenvalue weighted by molar-refractivity contribution is 0.145. The van der Waals surface area contributed by atoms with Crippen LogP contribution in [0.25, 0.3) is 0 Å². The van der Waals surface area contributed by atoms with Gasteiger partial charge in [0.15, 0.2) is 0 Å². The van der Waals surface area contributed by atoms with Gasteiger partial charge in [0.2, 0.25) is 0 Å². The molecular formula is C8H19N3O2. The van der Waals surface area contributed by atoms with E-state index in [0.29, 0.717) is 6.42 Å². The second-order valence-electron chi connectivity index (χ2n) is 2.64. The first kappa shape index (κ1) is 12.2. The van der Waals surface area contributed by atoms with Gasteiger partial charge in [-0.3, -0.25) is 0 Å². The molecule has 0 aromatic heterocycles. The van der Waals surface area contributed by atoms with E-state index in [1.165, 1.54) is 0 Å². The second-order valence-corrected chi connectivity index (χ2v) is 2.64. The Kier molecular flexibility index (Phi) is 8.70. The van der Waals surface area contributed by atoms with Crippen molar-refractivity contribution in [3.8, 4) is 0 Å². The zero-order chi connectivity index (χ0) is 9.94. The van der Waals surface area contributed by atoms with Crippen molar-refractivity contribution in [1.29, 1.82) is 0 Å². The Hall–Kier alpha value is -0.810. The average Bonchev–Trinajstić information content (AvgIpc) is 2.16. The van der Waals surface area contributed by atoms with Gasteiger partial charge in [-0.05, 0) is 19.9 Å². The van der Waals surface area contributed by atoms with Gasteiger partial charge in [0, 0.05) is 26.2 Å². The normalized spacial score (nSPS) is 11.9. The minimum absolute atomic E-state index is 0.261. The Morgan fingerprint density at radius 3 is 2.92 bits per heavy atom. The van der Waals surface area contributed by atoms with Gasteiger partial charge in [-0.2, -0.15) is 0 Å². The summed E-state index contributed by atoms with van der Waals surface area (Å²) in [6, 6.07) is 0. The van der Waals surface area contributed by atoms with Crippen LogP contribution < -0.4 is 11.1 Å². The molecule has 0 saturated carbocycles. The van der Waals surface area contributed by atoms with Crippen molar-refractivity contribution in [2.24, 2.45) is 10.9 Å². The van der Waals surface area contributed by atoms with Crippen LogP contribution in [-0.2, 0) is 4.74 Å². The summed E-state index contributed by atoms with van der Waals surface area (Å²) in [5.74, 6) is 0.261. The maximum Gasteiger partial charge on any atom is 0.140 e. The van der Waals surface area contributed by atoms with Gasteiger partial charge in [0.05, 0.1) is 0 Å². The lowest BCUT2D eigenvalue weighted by Crippen LogP contribution is -2.23. The van der Waals surface area contributed by atoms with Crippen molar-refractivity contribution in [1.82, 2.24) is 5.32 Å². The van der Waals surface area contributed by atoms with Crippen molar-refractivity contribution in [2.75, 3.05) is 26.3 Å². The van der Waals surface area contributed by atoms with Crippen LogP contribution in [-0.4, -0.2) is 37.3 Å². The largest absolute Gasteiger partial charge is 0.409 e. The summed E-state index contributed by atoms with van der Waals surface area (Å²) in [5, 5.41) is 14.2. The highest BCUT2D eigenvalue weighted by Gasteiger charge is 1.92. The van der Waals surface area contributed by atoms with Crippen molar-refractivity contribution < 1.29 is 9.94 Å². The van der Waals surface area contributed by atoms with Crippen molar-refractivity contribution >= 4 is 5.84 Å². The van der Waals surface area contributed by atoms with Crippen molar-refractivity contribution in [3.05, 3.63) is 0 Å². The van der Waals surface area contributed by atoms with E-state index in [9.17, 15) is 0 Å². The highest BCUT2D eigenvalue weighted by Crippen LogP contribution is 1.81. The van der Waals surface area contributed by atoms with Gasteiger partial charge in [0.25, 0.3) is 0 Å². The number of rotatable bonds is 8. The van der Waals surface area contributed by atoms with Crippen LogP contribution >= 0.6 is 0 Å². The van der Waals surface area contributed by atoms with Gasteiger partial charge >= 0.3 is 0 Å². The second kappa shape index (κ2) is 9.28. The topological polar surface area (TPSA) is 79.9 Å². The van der Waals surface area contributed by atoms with E-state index in [-0.39, 0.29) is 5.84 Å². The molecule has 13 heavy (non-hydrogen) atoms. The molecule has 0 amide bonds. The molecule has 0 aromatic rings. The standard InChI is InChI=1S/C8H19N3O2/c1-2-13-7-3-5-10-6-4-8(9)11-12/h10,12H,2-7H2,1H3,(H2,9,11). The summed E-state index contributed by atoms with van der Waals surface area (Å²) < 4.78 is 5.15. The maximum absolute atomic E-state index is 8.22. The molecule has 0 saturated heterocycles. The van der Waals surface area contributed by atoms with Crippen LogP contribution in [0.2, 0.25) is 0 Å². The molecule has 0 aromatic carbocycles. The van der Waals surface area contributed by atoms with E-state index in [1.807, 2.05) is 6.92 Å². The monoisotopic (exact) mass is 189 g/mol. The molecule has 0 aliphatic heterocycles. The molecule has 0 aliphatic rings. The molecule has 0 fully saturated rings. The molecule has 0 radical (unpaired) electrons. The summed E-state index contributed by atoms with van der Waals surface area (Å²) in [6.45, 7) is 5.17. The van der Waals surface area contributed by atoms with Crippen LogP contribution in [0.5, 0.6) is 0 Å². The minimum atomic E-state index is 0.261. The third kappa shape index (κ3) is 9.10. The fourth-order valence-corrected chi connectivity index (χ4v) is 0.835. The van der Waals surface area contributed by atoms with Crippen LogP contribution in [0.15, 0.2) is 5.16 Å². The van der Waals surface area contributed by atoms with Gasteiger partial charge in [-0.1, -0.05) is 5.16 Å². The Morgan fingerprint density at radius 2 is 2.31 bits per heavy atom. The highest BCUT2D eigenvalue weighted by atomic mass is 16.5. The molecule has 0 bridgehead atoms. The third-order valence-electron chi connectivity index (χ3n) is 1.53. The molecule has 0 aliphatic carbocycles. The van der Waals surface area contributed by atoms with Crippen molar-refractivity contribution in [3.63, 3.8) is 0 Å². The Morgan fingerprint density at radius 1 is 1.54 bits per heavy atom. The molecule has 0 heterocycles. The zero-order valence-electron chi connectivity index (χ0n) is 8.12. The molecule has 4 N–H and O–H groups in total. The summed E-state index contributed by atoms with van der Waals surface area (Å²) in [5.41, 5.74) is 5.27. The van der Waals surface area contributed by atoms with Crippen LogP contribution in [0, 0.1) is 0 Å². The number of ether oxygens (including phenoxy) is 1. The van der Waals surface area contributed by atoms with E-state index in [4.69, 9.17) is 15.7 Å².